The summed E-state index contributed by atoms with van der Waals surface area (Å²) in [6, 6.07) is 12.2. The van der Waals surface area contributed by atoms with E-state index in [0.29, 0.717) is 28.5 Å². The van der Waals surface area contributed by atoms with E-state index in [4.69, 9.17) is 5.26 Å². The first-order valence-electron chi connectivity index (χ1n) is 10.4. The van der Waals surface area contributed by atoms with Crippen LogP contribution in [0.1, 0.15) is 41.7 Å². The summed E-state index contributed by atoms with van der Waals surface area (Å²) in [5.41, 5.74) is 0.0798. The Labute approximate surface area is 218 Å². The number of aromatic nitrogens is 4. The molecule has 184 valence electrons. The van der Waals surface area contributed by atoms with Crippen molar-refractivity contribution in [3.63, 3.8) is 0 Å². The molecule has 6 nitrogen and oxygen atoms in total. The lowest BCUT2D eigenvalue weighted by Gasteiger charge is -2.32. The van der Waals surface area contributed by atoms with Crippen molar-refractivity contribution < 1.29 is 31.0 Å². The number of thiazole rings is 1. The first-order valence-corrected chi connectivity index (χ1v) is 11.3. The molecule has 0 spiro atoms. The molecule has 2 aromatic carbocycles. The zero-order valence-electron chi connectivity index (χ0n) is 18.9. The molecule has 0 aliphatic rings. The Kier molecular flexibility index (Phi) is 9.46. The molecule has 0 radical (unpaired) electrons. The van der Waals surface area contributed by atoms with Crippen LogP contribution in [-0.2, 0) is 18.6 Å². The lowest BCUT2D eigenvalue weighted by molar-refractivity contribution is -0.765. The molecule has 0 fully saturated rings. The predicted octanol–water partition coefficient (Wildman–Crippen LogP) is 1.65. The standard InChI is InChI=1S/C24H21F2N5OS.2ClH/c1-3-22-28-14-31(30-22)13-24(32,19-10-18(25)8-9-20(19)26)15(2)23-29-21(12-33-23)17-6-4-16(11-27)5-7-17;;/h4-10,12,14-15,32H,3,13H2,1-2H3;2*1H/t15-,24+;;/m0../s1. The number of aromatic amines is 1. The third-order valence-corrected chi connectivity index (χ3v) is 6.71. The van der Waals surface area contributed by atoms with Gasteiger partial charge in [-0.2, -0.15) is 15.0 Å². The Bertz CT molecular complexity index is 1320. The number of hydrogen-bond donors (Lipinski definition) is 2. The summed E-state index contributed by atoms with van der Waals surface area (Å²) in [7, 11) is 0. The number of hydrogen-bond acceptors (Lipinski definition) is 5. The minimum absolute atomic E-state index is 0. The molecule has 4 rings (SSSR count). The van der Waals surface area contributed by atoms with Gasteiger partial charge in [0.25, 0.3) is 5.82 Å². The van der Waals surface area contributed by atoms with Gasteiger partial charge in [-0.15, -0.1) is 23.7 Å². The van der Waals surface area contributed by atoms with Gasteiger partial charge in [-0.25, -0.2) is 13.8 Å². The summed E-state index contributed by atoms with van der Waals surface area (Å²) in [6.07, 6.45) is 2.19. The molecule has 2 heterocycles. The monoisotopic (exact) mass is 537 g/mol. The molecular formula is C24H23Cl2F2N5OS. The van der Waals surface area contributed by atoms with E-state index in [9.17, 15) is 13.9 Å². The van der Waals surface area contributed by atoms with E-state index in [1.165, 1.54) is 17.7 Å². The fourth-order valence-corrected chi connectivity index (χ4v) is 4.67. The largest absolute Gasteiger partial charge is 1.00 e. The number of halogens is 4. The number of nitriles is 1. The Morgan fingerprint density at radius 2 is 1.94 bits per heavy atom. The van der Waals surface area contributed by atoms with Crippen molar-refractivity contribution >= 4 is 23.7 Å². The average molecular weight is 538 g/mol. The van der Waals surface area contributed by atoms with E-state index in [1.807, 2.05) is 12.3 Å². The van der Waals surface area contributed by atoms with Crippen LogP contribution in [0.4, 0.5) is 8.78 Å². The molecule has 0 saturated carbocycles. The van der Waals surface area contributed by atoms with Crippen LogP contribution in [0.5, 0.6) is 0 Å². The number of rotatable bonds is 7. The predicted molar refractivity (Wildman–Crippen MR) is 126 cm³/mol. The molecule has 0 aliphatic carbocycles. The summed E-state index contributed by atoms with van der Waals surface area (Å²) in [5.74, 6) is -1.31. The van der Waals surface area contributed by atoms with E-state index >= 15 is 0 Å². The van der Waals surface area contributed by atoms with Crippen LogP contribution in [0, 0.1) is 23.0 Å². The maximum atomic E-state index is 14.9. The van der Waals surface area contributed by atoms with Crippen LogP contribution >= 0.6 is 23.7 Å². The van der Waals surface area contributed by atoms with Gasteiger partial charge in [-0.1, -0.05) is 26.0 Å². The van der Waals surface area contributed by atoms with Gasteiger partial charge in [0.2, 0.25) is 0 Å². The molecule has 11 heteroatoms. The van der Waals surface area contributed by atoms with Crippen LogP contribution in [0.15, 0.2) is 54.2 Å². The summed E-state index contributed by atoms with van der Waals surface area (Å²) in [6.45, 7) is 3.60. The van der Waals surface area contributed by atoms with E-state index < -0.39 is 23.2 Å². The molecule has 2 aromatic heterocycles. The van der Waals surface area contributed by atoms with Gasteiger partial charge in [-0.05, 0) is 35.3 Å². The van der Waals surface area contributed by atoms with E-state index in [2.05, 4.69) is 21.1 Å². The molecule has 0 unspecified atom stereocenters. The van der Waals surface area contributed by atoms with Gasteiger partial charge in [-0.3, -0.25) is 0 Å². The first-order chi connectivity index (χ1) is 15.8. The van der Waals surface area contributed by atoms with Gasteiger partial charge in [0.05, 0.1) is 22.3 Å². The molecule has 0 aliphatic heterocycles. The number of aryl methyl sites for hydroxylation is 1. The van der Waals surface area contributed by atoms with Crippen LogP contribution in [0.3, 0.4) is 0 Å². The van der Waals surface area contributed by atoms with Gasteiger partial charge in [0.1, 0.15) is 23.8 Å². The molecule has 2 atom stereocenters. The maximum Gasteiger partial charge on any atom is 0.307 e. The molecule has 4 aromatic rings. The number of benzene rings is 2. The lowest BCUT2D eigenvalue weighted by atomic mass is 9.82. The molecular weight excluding hydrogens is 515 g/mol. The molecule has 0 bridgehead atoms. The second kappa shape index (κ2) is 11.7. The van der Waals surface area contributed by atoms with E-state index in [-0.39, 0.29) is 36.9 Å². The topological polar surface area (TPSA) is 89.5 Å². The lowest BCUT2D eigenvalue weighted by Crippen LogP contribution is -3.00. The van der Waals surface area contributed by atoms with Crippen molar-refractivity contribution in [2.45, 2.75) is 38.3 Å². The van der Waals surface area contributed by atoms with E-state index in [0.717, 1.165) is 23.8 Å². The van der Waals surface area contributed by atoms with Crippen LogP contribution in [0.2, 0.25) is 0 Å². The molecule has 2 N–H and O–H groups in total. The number of aliphatic hydroxyl groups is 1. The smallest absolute Gasteiger partial charge is 0.307 e. The zero-order valence-corrected chi connectivity index (χ0v) is 21.3. The Balaban J connectivity index is 0.00000216. The van der Waals surface area contributed by atoms with Gasteiger partial charge in [0.15, 0.2) is 0 Å². The van der Waals surface area contributed by atoms with Crippen molar-refractivity contribution in [1.82, 2.24) is 15.1 Å². The minimum atomic E-state index is -1.81. The highest BCUT2D eigenvalue weighted by Crippen LogP contribution is 2.40. The molecule has 0 saturated heterocycles. The van der Waals surface area contributed by atoms with E-state index in [1.54, 1.807) is 35.9 Å². The summed E-state index contributed by atoms with van der Waals surface area (Å²) < 4.78 is 30.5. The number of nitrogens with zero attached hydrogens (tertiary/aromatic N) is 4. The first kappa shape index (κ1) is 28.3. The zero-order chi connectivity index (χ0) is 23.6. The summed E-state index contributed by atoms with van der Waals surface area (Å²) in [5, 5.41) is 26.3. The second-order valence-electron chi connectivity index (χ2n) is 7.81. The summed E-state index contributed by atoms with van der Waals surface area (Å²) >= 11 is 1.33. The van der Waals surface area contributed by atoms with Gasteiger partial charge >= 0.3 is 6.33 Å². The third kappa shape index (κ3) is 5.85. The molecule has 0 amide bonds. The third-order valence-electron chi connectivity index (χ3n) is 5.69. The fourth-order valence-electron chi connectivity index (χ4n) is 3.70. The number of H-pyrrole nitrogens is 1. The van der Waals surface area contributed by atoms with Gasteiger partial charge in [0, 0.05) is 28.8 Å². The SMILES string of the molecule is CCc1nc[n+](C[C@](O)(c2cc(F)ccc2F)[C@@H](C)c2nc(-c3ccc(C#N)cc3)cs2)[nH]1.Cl.[Cl-]. The van der Waals surface area contributed by atoms with Crippen molar-refractivity contribution in [2.24, 2.45) is 0 Å². The highest BCUT2D eigenvalue weighted by atomic mass is 35.5. The maximum absolute atomic E-state index is 14.9. The number of nitrogens with one attached hydrogen (secondary N) is 1. The second-order valence-corrected chi connectivity index (χ2v) is 8.70. The molecule has 35 heavy (non-hydrogen) atoms. The highest BCUT2D eigenvalue weighted by Gasteiger charge is 2.43. The van der Waals surface area contributed by atoms with Crippen molar-refractivity contribution in [2.75, 3.05) is 0 Å². The fraction of sp³-hybridized carbons (Fsp3) is 0.250. The van der Waals surface area contributed by atoms with Crippen molar-refractivity contribution in [3.05, 3.63) is 87.8 Å². The summed E-state index contributed by atoms with van der Waals surface area (Å²) in [4.78, 5) is 8.90. The Hall–Kier alpha value is -2.90. The van der Waals surface area contributed by atoms with Gasteiger partial charge < -0.3 is 17.5 Å². The van der Waals surface area contributed by atoms with Crippen molar-refractivity contribution in [3.8, 4) is 17.3 Å². The van der Waals surface area contributed by atoms with Crippen LogP contribution < -0.4 is 17.1 Å². The van der Waals surface area contributed by atoms with Crippen molar-refractivity contribution in [1.29, 1.82) is 5.26 Å². The average Bonchev–Trinajstić information content (AvgIpc) is 3.50. The Morgan fingerprint density at radius 3 is 2.57 bits per heavy atom. The van der Waals surface area contributed by atoms with Crippen LogP contribution in [-0.4, -0.2) is 20.2 Å². The quantitative estimate of drug-likeness (QED) is 0.351. The van der Waals surface area contributed by atoms with Crippen LogP contribution in [0.25, 0.3) is 11.3 Å². The highest BCUT2D eigenvalue weighted by molar-refractivity contribution is 7.10. The minimum Gasteiger partial charge on any atom is -1.00 e. The Morgan fingerprint density at radius 1 is 1.23 bits per heavy atom. The normalized spacial score (nSPS) is 13.1.